The largest absolute Gasteiger partial charge is 0.505 e. The van der Waals surface area contributed by atoms with Crippen LogP contribution in [0.5, 0.6) is 0 Å². The van der Waals surface area contributed by atoms with Crippen molar-refractivity contribution in [3.63, 3.8) is 0 Å². The molecule has 0 aromatic heterocycles. The summed E-state index contributed by atoms with van der Waals surface area (Å²) in [5.74, 6) is -3.11. The van der Waals surface area contributed by atoms with Gasteiger partial charge in [0.25, 0.3) is 0 Å². The molecule has 1 aliphatic heterocycles. The lowest BCUT2D eigenvalue weighted by atomic mass is 10.2. The number of aliphatic hydroxyl groups excluding tert-OH is 4. The molecule has 1 heterocycles. The van der Waals surface area contributed by atoms with E-state index in [0.29, 0.717) is 26.0 Å². The summed E-state index contributed by atoms with van der Waals surface area (Å²) >= 11 is 0. The molecule has 26 heavy (non-hydrogen) atoms. The minimum atomic E-state index is -1.42. The summed E-state index contributed by atoms with van der Waals surface area (Å²) < 4.78 is 9.05. The lowest BCUT2D eigenvalue weighted by Gasteiger charge is -2.13. The number of carbonyl (C=O) groups is 2. The molecule has 0 saturated heterocycles. The third-order valence-electron chi connectivity index (χ3n) is 3.03. The smallest absolute Gasteiger partial charge is 0.377 e. The Hall–Kier alpha value is -2.57. The zero-order valence-corrected chi connectivity index (χ0v) is 14.4. The molecule has 0 aromatic carbocycles. The van der Waals surface area contributed by atoms with E-state index in [0.717, 1.165) is 0 Å². The average Bonchev–Trinajstić information content (AvgIpc) is 2.86. The molecule has 0 fully saturated rings. The van der Waals surface area contributed by atoms with Gasteiger partial charge in [-0.15, -0.1) is 0 Å². The van der Waals surface area contributed by atoms with Crippen molar-refractivity contribution in [1.82, 2.24) is 0 Å². The Kier molecular flexibility index (Phi) is 10.7. The van der Waals surface area contributed by atoms with Crippen LogP contribution in [0.25, 0.3) is 0 Å². The van der Waals surface area contributed by atoms with Crippen molar-refractivity contribution in [1.29, 1.82) is 0 Å². The molecule has 0 aliphatic carbocycles. The van der Waals surface area contributed by atoms with Crippen molar-refractivity contribution >= 4 is 17.9 Å². The molecule has 0 spiro atoms. The van der Waals surface area contributed by atoms with Crippen molar-refractivity contribution in [3.8, 4) is 0 Å². The molecule has 0 unspecified atom stereocenters. The number of cyclic esters (lactones) is 1. The van der Waals surface area contributed by atoms with Crippen LogP contribution in [-0.2, 0) is 19.1 Å². The molecule has 0 aromatic rings. The SMILES string of the molecule is CCOC(=O)[C@@H](N)CCCN=C(N)N.O=C1O[C@H]([C@@H](O)CO)C(O)=C1O. The van der Waals surface area contributed by atoms with Gasteiger partial charge in [0, 0.05) is 6.54 Å². The molecular formula is C14H26N4O8. The maximum absolute atomic E-state index is 11.0. The molecule has 150 valence electrons. The topological polar surface area (TPSA) is 224 Å². The number of esters is 2. The first kappa shape index (κ1) is 23.4. The number of hydrogen-bond acceptors (Lipinski definition) is 10. The van der Waals surface area contributed by atoms with E-state index < -0.39 is 42.3 Å². The summed E-state index contributed by atoms with van der Waals surface area (Å²) in [6.07, 6.45) is -1.59. The van der Waals surface area contributed by atoms with E-state index >= 15 is 0 Å². The molecule has 1 aliphatic rings. The summed E-state index contributed by atoms with van der Waals surface area (Å²) in [5, 5.41) is 35.0. The van der Waals surface area contributed by atoms with Crippen LogP contribution in [-0.4, -0.2) is 76.3 Å². The highest BCUT2D eigenvalue weighted by molar-refractivity contribution is 5.89. The minimum absolute atomic E-state index is 0.0507. The zero-order valence-electron chi connectivity index (χ0n) is 14.4. The molecule has 0 bridgehead atoms. The summed E-state index contributed by atoms with van der Waals surface area (Å²) in [6.45, 7) is 1.90. The van der Waals surface area contributed by atoms with E-state index in [9.17, 15) is 9.59 Å². The molecule has 3 atom stereocenters. The second-order valence-electron chi connectivity index (χ2n) is 5.12. The van der Waals surface area contributed by atoms with Gasteiger partial charge in [-0.25, -0.2) is 4.79 Å². The van der Waals surface area contributed by atoms with E-state index in [1.807, 2.05) is 0 Å². The normalized spacial score (nSPS) is 18.3. The molecule has 12 heteroatoms. The first-order chi connectivity index (χ1) is 12.1. The van der Waals surface area contributed by atoms with E-state index in [-0.39, 0.29) is 11.9 Å². The second kappa shape index (κ2) is 11.9. The number of guanidine groups is 1. The molecule has 1 rings (SSSR count). The maximum atomic E-state index is 11.0. The number of aliphatic hydroxyl groups is 4. The van der Waals surface area contributed by atoms with Crippen LogP contribution in [0.2, 0.25) is 0 Å². The Labute approximate surface area is 149 Å². The lowest BCUT2D eigenvalue weighted by molar-refractivity contribution is -0.148. The summed E-state index contributed by atoms with van der Waals surface area (Å²) in [5.41, 5.74) is 15.8. The number of ether oxygens (including phenoxy) is 2. The molecule has 10 N–H and O–H groups in total. The van der Waals surface area contributed by atoms with E-state index in [4.69, 9.17) is 42.4 Å². The second-order valence-corrected chi connectivity index (χ2v) is 5.12. The highest BCUT2D eigenvalue weighted by Crippen LogP contribution is 2.20. The Morgan fingerprint density at radius 1 is 1.38 bits per heavy atom. The first-order valence-corrected chi connectivity index (χ1v) is 7.75. The van der Waals surface area contributed by atoms with Gasteiger partial charge in [0.05, 0.1) is 13.2 Å². The third kappa shape index (κ3) is 8.00. The number of nitrogens with zero attached hydrogens (tertiary/aromatic N) is 1. The molecule has 12 nitrogen and oxygen atoms in total. The monoisotopic (exact) mass is 378 g/mol. The Morgan fingerprint density at radius 2 is 2.00 bits per heavy atom. The van der Waals surface area contributed by atoms with Gasteiger partial charge in [0.1, 0.15) is 12.1 Å². The molecule has 0 radical (unpaired) electrons. The fourth-order valence-corrected chi connectivity index (χ4v) is 1.71. The Morgan fingerprint density at radius 3 is 2.42 bits per heavy atom. The molecule has 0 amide bonds. The van der Waals surface area contributed by atoms with E-state index in [1.54, 1.807) is 6.92 Å². The van der Waals surface area contributed by atoms with Gasteiger partial charge in [-0.3, -0.25) is 9.79 Å². The van der Waals surface area contributed by atoms with Crippen molar-refractivity contribution in [2.75, 3.05) is 19.8 Å². The highest BCUT2D eigenvalue weighted by Gasteiger charge is 2.38. The van der Waals surface area contributed by atoms with Crippen LogP contribution in [0.4, 0.5) is 0 Å². The number of hydrogen-bond donors (Lipinski definition) is 7. The van der Waals surface area contributed by atoms with Gasteiger partial charge < -0.3 is 47.1 Å². The fourth-order valence-electron chi connectivity index (χ4n) is 1.71. The van der Waals surface area contributed by atoms with Crippen LogP contribution in [0.1, 0.15) is 19.8 Å². The number of carbonyl (C=O) groups excluding carboxylic acids is 2. The zero-order chi connectivity index (χ0) is 20.3. The quantitative estimate of drug-likeness (QED) is 0.101. The average molecular weight is 378 g/mol. The van der Waals surface area contributed by atoms with Gasteiger partial charge >= 0.3 is 11.9 Å². The number of aliphatic imine (C=N–C) groups is 1. The van der Waals surface area contributed by atoms with Crippen LogP contribution in [0.15, 0.2) is 16.5 Å². The third-order valence-corrected chi connectivity index (χ3v) is 3.03. The van der Waals surface area contributed by atoms with Crippen LogP contribution < -0.4 is 17.2 Å². The van der Waals surface area contributed by atoms with Crippen molar-refractivity contribution in [3.05, 3.63) is 11.5 Å². The highest BCUT2D eigenvalue weighted by atomic mass is 16.6. The fraction of sp³-hybridized carbons (Fsp3) is 0.643. The van der Waals surface area contributed by atoms with Crippen LogP contribution >= 0.6 is 0 Å². The van der Waals surface area contributed by atoms with Gasteiger partial charge in [-0.05, 0) is 19.8 Å². The standard InChI is InChI=1S/C8H18N4O2.C6H8O6/c1-2-14-7(13)6(9)4-3-5-12-8(10)11;7-1-2(8)5-3(9)4(10)6(11)12-5/h6H,2-5,9H2,1H3,(H4,10,11,12);2,5,7-10H,1H2/t6-;2-,5+/m00/s1. The summed E-state index contributed by atoms with van der Waals surface area (Å²) in [7, 11) is 0. The first-order valence-electron chi connectivity index (χ1n) is 7.75. The maximum Gasteiger partial charge on any atom is 0.377 e. The predicted molar refractivity (Wildman–Crippen MR) is 89.8 cm³/mol. The summed E-state index contributed by atoms with van der Waals surface area (Å²) in [4.78, 5) is 25.3. The van der Waals surface area contributed by atoms with Crippen molar-refractivity contribution in [2.45, 2.75) is 38.0 Å². The van der Waals surface area contributed by atoms with E-state index in [1.165, 1.54) is 0 Å². The van der Waals surface area contributed by atoms with Gasteiger partial charge in [0.2, 0.25) is 5.76 Å². The van der Waals surface area contributed by atoms with Crippen LogP contribution in [0.3, 0.4) is 0 Å². The van der Waals surface area contributed by atoms with Gasteiger partial charge in [0.15, 0.2) is 17.8 Å². The van der Waals surface area contributed by atoms with Gasteiger partial charge in [-0.2, -0.15) is 0 Å². The van der Waals surface area contributed by atoms with Crippen molar-refractivity contribution in [2.24, 2.45) is 22.2 Å². The Balaban J connectivity index is 0.000000485. The predicted octanol–water partition coefficient (Wildman–Crippen LogP) is -2.48. The van der Waals surface area contributed by atoms with E-state index in [2.05, 4.69) is 9.73 Å². The minimum Gasteiger partial charge on any atom is -0.505 e. The summed E-state index contributed by atoms with van der Waals surface area (Å²) in [6, 6.07) is -0.579. The van der Waals surface area contributed by atoms with Gasteiger partial charge in [-0.1, -0.05) is 0 Å². The molecular weight excluding hydrogens is 352 g/mol. The van der Waals surface area contributed by atoms with Crippen LogP contribution in [0, 0.1) is 0 Å². The lowest BCUT2D eigenvalue weighted by Crippen LogP contribution is -2.32. The Bertz CT molecular complexity index is 533. The number of nitrogens with two attached hydrogens (primary N) is 3. The molecule has 0 saturated carbocycles. The number of rotatable bonds is 8. The van der Waals surface area contributed by atoms with Crippen molar-refractivity contribution < 1.29 is 39.5 Å².